The molecule has 0 atom stereocenters. The maximum atomic E-state index is 12.3. The van der Waals surface area contributed by atoms with Gasteiger partial charge in [-0.25, -0.2) is 9.37 Å². The van der Waals surface area contributed by atoms with Crippen LogP contribution in [0.5, 0.6) is 0 Å². The molecule has 2 aromatic carbocycles. The third-order valence-electron chi connectivity index (χ3n) is 3.48. The van der Waals surface area contributed by atoms with Crippen LogP contribution in [0.25, 0.3) is 23.3 Å². The Kier molecular flexibility index (Phi) is 4.19. The Labute approximate surface area is 128 Å². The number of nitrogens with zero attached hydrogens (tertiary/aromatic N) is 2. The van der Waals surface area contributed by atoms with E-state index in [0.717, 1.165) is 22.4 Å². The van der Waals surface area contributed by atoms with Crippen LogP contribution in [-0.2, 0) is 0 Å². The molecule has 3 rings (SSSR count). The van der Waals surface area contributed by atoms with Crippen LogP contribution >= 0.6 is 0 Å². The summed E-state index contributed by atoms with van der Waals surface area (Å²) in [6, 6.07) is 15.6. The first-order valence-electron chi connectivity index (χ1n) is 7.17. The zero-order chi connectivity index (χ0) is 15.4. The summed E-state index contributed by atoms with van der Waals surface area (Å²) in [5.41, 5.74) is 3.67. The van der Waals surface area contributed by atoms with E-state index in [1.807, 2.05) is 72.6 Å². The number of para-hydroxylation sites is 2. The highest BCUT2D eigenvalue weighted by molar-refractivity contribution is 5.76. The number of alkyl halides is 1. The van der Waals surface area contributed by atoms with Crippen molar-refractivity contribution in [3.63, 3.8) is 0 Å². The van der Waals surface area contributed by atoms with E-state index in [1.165, 1.54) is 0 Å². The van der Waals surface area contributed by atoms with Crippen molar-refractivity contribution >= 4 is 28.9 Å². The van der Waals surface area contributed by atoms with Gasteiger partial charge in [0.15, 0.2) is 5.58 Å². The van der Waals surface area contributed by atoms with Crippen molar-refractivity contribution < 1.29 is 8.81 Å². The molecule has 0 aliphatic heterocycles. The van der Waals surface area contributed by atoms with Gasteiger partial charge in [-0.3, -0.25) is 0 Å². The van der Waals surface area contributed by atoms with E-state index in [2.05, 4.69) is 4.98 Å². The van der Waals surface area contributed by atoms with Crippen molar-refractivity contribution in [3.8, 4) is 0 Å². The molecule has 1 aromatic heterocycles. The number of fused-ring (bicyclic) bond motifs is 1. The van der Waals surface area contributed by atoms with Gasteiger partial charge in [-0.1, -0.05) is 24.3 Å². The number of hydrogen-bond acceptors (Lipinski definition) is 3. The van der Waals surface area contributed by atoms with E-state index in [-0.39, 0.29) is 6.67 Å². The quantitative estimate of drug-likeness (QED) is 0.698. The van der Waals surface area contributed by atoms with Crippen LogP contribution < -0.4 is 4.90 Å². The maximum absolute atomic E-state index is 12.3. The molecule has 0 bridgehead atoms. The molecule has 0 unspecified atom stereocenters. The molecule has 0 fully saturated rings. The zero-order valence-corrected chi connectivity index (χ0v) is 12.4. The Morgan fingerprint density at radius 2 is 1.86 bits per heavy atom. The minimum atomic E-state index is -0.351. The second-order valence-corrected chi connectivity index (χ2v) is 5.06. The van der Waals surface area contributed by atoms with Gasteiger partial charge in [0.05, 0.1) is 0 Å². The van der Waals surface area contributed by atoms with Crippen LogP contribution in [0.1, 0.15) is 11.5 Å². The van der Waals surface area contributed by atoms with Crippen molar-refractivity contribution in [3.05, 3.63) is 60.0 Å². The summed E-state index contributed by atoms with van der Waals surface area (Å²) in [4.78, 5) is 6.28. The summed E-state index contributed by atoms with van der Waals surface area (Å²) in [5.74, 6) is 0.583. The number of oxazole rings is 1. The summed E-state index contributed by atoms with van der Waals surface area (Å²) in [6.45, 7) is 0.0496. The Hall–Kier alpha value is -2.62. The van der Waals surface area contributed by atoms with Crippen molar-refractivity contribution in [2.24, 2.45) is 0 Å². The molecule has 0 aliphatic carbocycles. The largest absolute Gasteiger partial charge is 0.437 e. The molecule has 0 saturated heterocycles. The summed E-state index contributed by atoms with van der Waals surface area (Å²) in [7, 11) is 1.88. The molecule has 0 radical (unpaired) electrons. The van der Waals surface area contributed by atoms with Crippen molar-refractivity contribution in [1.29, 1.82) is 0 Å². The Morgan fingerprint density at radius 3 is 2.59 bits per heavy atom. The monoisotopic (exact) mass is 296 g/mol. The second kappa shape index (κ2) is 6.43. The molecule has 0 N–H and O–H groups in total. The molecule has 3 nitrogen and oxygen atoms in total. The Balaban J connectivity index is 1.74. The minimum Gasteiger partial charge on any atom is -0.437 e. The summed E-state index contributed by atoms with van der Waals surface area (Å²) < 4.78 is 18.0. The van der Waals surface area contributed by atoms with Crippen LogP contribution in [0.4, 0.5) is 10.1 Å². The predicted octanol–water partition coefficient (Wildman–Crippen LogP) is 4.40. The van der Waals surface area contributed by atoms with E-state index in [1.54, 1.807) is 0 Å². The van der Waals surface area contributed by atoms with Gasteiger partial charge < -0.3 is 9.32 Å². The van der Waals surface area contributed by atoms with E-state index >= 15 is 0 Å². The average molecular weight is 296 g/mol. The van der Waals surface area contributed by atoms with E-state index in [0.29, 0.717) is 12.4 Å². The summed E-state index contributed by atoms with van der Waals surface area (Å²) in [5, 5.41) is 0. The molecule has 1 heterocycles. The molecule has 3 aromatic rings. The highest BCUT2D eigenvalue weighted by Crippen LogP contribution is 2.18. The first-order chi connectivity index (χ1) is 10.8. The van der Waals surface area contributed by atoms with Gasteiger partial charge in [-0.15, -0.1) is 0 Å². The first kappa shape index (κ1) is 14.3. The normalized spacial score (nSPS) is 11.4. The van der Waals surface area contributed by atoms with Crippen LogP contribution in [0.2, 0.25) is 0 Å². The molecule has 0 aliphatic rings. The standard InChI is InChI=1S/C18H17FN2O/c1-21(13-12-19)15-9-6-14(7-10-15)8-11-18-20-16-4-2-3-5-17(16)22-18/h2-11H,12-13H2,1H3/b11-8-. The number of halogens is 1. The number of anilines is 1. The van der Waals surface area contributed by atoms with Crippen molar-refractivity contribution in [1.82, 2.24) is 4.98 Å². The van der Waals surface area contributed by atoms with Crippen LogP contribution in [-0.4, -0.2) is 25.3 Å². The van der Waals surface area contributed by atoms with Gasteiger partial charge in [0.2, 0.25) is 5.89 Å². The predicted molar refractivity (Wildman–Crippen MR) is 88.6 cm³/mol. The summed E-state index contributed by atoms with van der Waals surface area (Å²) >= 11 is 0. The van der Waals surface area contributed by atoms with Gasteiger partial charge >= 0.3 is 0 Å². The van der Waals surface area contributed by atoms with Crippen LogP contribution in [0.15, 0.2) is 52.9 Å². The van der Waals surface area contributed by atoms with Crippen LogP contribution in [0.3, 0.4) is 0 Å². The lowest BCUT2D eigenvalue weighted by Gasteiger charge is -2.17. The SMILES string of the molecule is CN(CCF)c1ccc(/C=C\c2nc3ccccc3o2)cc1. The molecule has 0 amide bonds. The lowest BCUT2D eigenvalue weighted by atomic mass is 10.2. The van der Waals surface area contributed by atoms with Gasteiger partial charge in [0.25, 0.3) is 0 Å². The Morgan fingerprint density at radius 1 is 1.09 bits per heavy atom. The fourth-order valence-electron chi connectivity index (χ4n) is 2.22. The topological polar surface area (TPSA) is 29.3 Å². The molecular weight excluding hydrogens is 279 g/mol. The second-order valence-electron chi connectivity index (χ2n) is 5.06. The molecule has 112 valence electrons. The minimum absolute atomic E-state index is 0.351. The van der Waals surface area contributed by atoms with Crippen molar-refractivity contribution in [2.45, 2.75) is 0 Å². The third-order valence-corrected chi connectivity index (χ3v) is 3.48. The van der Waals surface area contributed by atoms with Gasteiger partial charge in [0.1, 0.15) is 12.2 Å². The molecule has 4 heteroatoms. The lowest BCUT2D eigenvalue weighted by molar-refractivity contribution is 0.497. The van der Waals surface area contributed by atoms with Crippen LogP contribution in [0, 0.1) is 0 Å². The molecule has 0 spiro atoms. The third kappa shape index (κ3) is 3.17. The van der Waals surface area contributed by atoms with Gasteiger partial charge in [-0.05, 0) is 35.9 Å². The van der Waals surface area contributed by atoms with E-state index < -0.39 is 0 Å². The maximum Gasteiger partial charge on any atom is 0.220 e. The smallest absolute Gasteiger partial charge is 0.220 e. The zero-order valence-electron chi connectivity index (χ0n) is 12.4. The molecule has 0 saturated carbocycles. The van der Waals surface area contributed by atoms with Gasteiger partial charge in [-0.2, -0.15) is 0 Å². The van der Waals surface area contributed by atoms with E-state index in [4.69, 9.17) is 4.42 Å². The van der Waals surface area contributed by atoms with E-state index in [9.17, 15) is 4.39 Å². The fraction of sp³-hybridized carbons (Fsp3) is 0.167. The number of rotatable bonds is 5. The number of hydrogen-bond donors (Lipinski definition) is 0. The number of aromatic nitrogens is 1. The van der Waals surface area contributed by atoms with Gasteiger partial charge in [0, 0.05) is 25.4 Å². The molecule has 22 heavy (non-hydrogen) atoms. The lowest BCUT2D eigenvalue weighted by Crippen LogP contribution is -2.19. The first-order valence-corrected chi connectivity index (χ1v) is 7.17. The van der Waals surface area contributed by atoms with Crippen molar-refractivity contribution in [2.75, 3.05) is 25.2 Å². The summed E-state index contributed by atoms with van der Waals surface area (Å²) in [6.07, 6.45) is 3.80. The number of benzene rings is 2. The molecular formula is C18H17FN2O. The highest BCUT2D eigenvalue weighted by Gasteiger charge is 2.02. The average Bonchev–Trinajstić information content (AvgIpc) is 2.96. The Bertz CT molecular complexity index is 744. The fourth-order valence-corrected chi connectivity index (χ4v) is 2.22. The highest BCUT2D eigenvalue weighted by atomic mass is 19.1.